The first-order chi connectivity index (χ1) is 12.4. The van der Waals surface area contributed by atoms with Crippen LogP contribution in [0.25, 0.3) is 0 Å². The van der Waals surface area contributed by atoms with Gasteiger partial charge in [-0.25, -0.2) is 9.37 Å². The Hall–Kier alpha value is -3.61. The molecule has 0 aliphatic heterocycles. The fourth-order valence-corrected chi connectivity index (χ4v) is 2.27. The minimum Gasteiger partial charge on any atom is -0.457 e. The van der Waals surface area contributed by atoms with Gasteiger partial charge < -0.3 is 21.5 Å². The summed E-state index contributed by atoms with van der Waals surface area (Å²) in [6, 6.07) is 14.0. The van der Waals surface area contributed by atoms with Gasteiger partial charge in [0.1, 0.15) is 29.0 Å². The highest BCUT2D eigenvalue weighted by Gasteiger charge is 2.13. The molecular weight excluding hydrogens is 335 g/mol. The fraction of sp³-hybridized carbons (Fsp3) is 0.0526. The molecule has 0 atom stereocenters. The van der Waals surface area contributed by atoms with Crippen molar-refractivity contribution in [3.05, 3.63) is 71.5 Å². The van der Waals surface area contributed by atoms with E-state index in [1.807, 2.05) is 0 Å². The number of carbonyl (C=O) groups excluding carboxylic acids is 1. The lowest BCUT2D eigenvalue weighted by Crippen LogP contribution is -2.16. The predicted molar refractivity (Wildman–Crippen MR) is 98.7 cm³/mol. The first-order valence-corrected chi connectivity index (χ1v) is 7.80. The molecule has 132 valence electrons. The number of anilines is 3. The van der Waals surface area contributed by atoms with Gasteiger partial charge in [0.2, 0.25) is 0 Å². The summed E-state index contributed by atoms with van der Waals surface area (Å²) >= 11 is 0. The van der Waals surface area contributed by atoms with Crippen LogP contribution < -0.4 is 21.5 Å². The van der Waals surface area contributed by atoms with E-state index in [0.29, 0.717) is 28.6 Å². The van der Waals surface area contributed by atoms with E-state index in [0.717, 1.165) is 0 Å². The largest absolute Gasteiger partial charge is 0.457 e. The van der Waals surface area contributed by atoms with Crippen LogP contribution in [0.4, 0.5) is 21.7 Å². The number of hydrogen-bond donors (Lipinski definition) is 3. The van der Waals surface area contributed by atoms with Crippen molar-refractivity contribution in [1.82, 2.24) is 4.98 Å². The summed E-state index contributed by atoms with van der Waals surface area (Å²) in [5.74, 6) is 0.717. The molecule has 0 unspecified atom stereocenters. The van der Waals surface area contributed by atoms with Crippen molar-refractivity contribution >= 4 is 23.2 Å². The maximum atomic E-state index is 12.9. The summed E-state index contributed by atoms with van der Waals surface area (Å²) in [7, 11) is 0. The van der Waals surface area contributed by atoms with Crippen LogP contribution in [-0.4, -0.2) is 10.9 Å². The van der Waals surface area contributed by atoms with Gasteiger partial charge in [-0.05, 0) is 67.1 Å². The molecule has 2 aromatic carbocycles. The molecule has 0 aliphatic carbocycles. The first kappa shape index (κ1) is 17.2. The molecule has 1 aromatic heterocycles. The molecule has 7 heteroatoms. The number of nitrogens with two attached hydrogens (primary N) is 2. The molecule has 0 fully saturated rings. The van der Waals surface area contributed by atoms with Crippen LogP contribution in [0.5, 0.6) is 11.5 Å². The number of nitrogens with zero attached hydrogens (tertiary/aromatic N) is 1. The minimum absolute atomic E-state index is 0.0712. The van der Waals surface area contributed by atoms with Gasteiger partial charge in [0.15, 0.2) is 0 Å². The second-order valence-electron chi connectivity index (χ2n) is 5.66. The van der Waals surface area contributed by atoms with E-state index in [1.165, 1.54) is 24.3 Å². The van der Waals surface area contributed by atoms with Gasteiger partial charge in [-0.3, -0.25) is 4.79 Å². The maximum Gasteiger partial charge on any atom is 0.259 e. The number of aryl methyl sites for hydroxylation is 1. The number of rotatable bonds is 4. The molecule has 3 aromatic rings. The van der Waals surface area contributed by atoms with Crippen molar-refractivity contribution in [3.8, 4) is 11.5 Å². The van der Waals surface area contributed by atoms with Gasteiger partial charge >= 0.3 is 0 Å². The second-order valence-corrected chi connectivity index (χ2v) is 5.66. The zero-order chi connectivity index (χ0) is 18.7. The zero-order valence-corrected chi connectivity index (χ0v) is 14.0. The van der Waals surface area contributed by atoms with E-state index in [1.54, 1.807) is 37.3 Å². The number of nitrogen functional groups attached to an aromatic ring is 2. The van der Waals surface area contributed by atoms with E-state index >= 15 is 0 Å². The van der Waals surface area contributed by atoms with E-state index in [-0.39, 0.29) is 23.1 Å². The van der Waals surface area contributed by atoms with Crippen molar-refractivity contribution in [2.45, 2.75) is 6.92 Å². The number of benzene rings is 2. The number of nitrogens with one attached hydrogen (secondary N) is 1. The standard InChI is InChI=1S/C19H17FN4O2/c1-11-10-16(18(22)24-17(11)21)19(25)23-13-4-8-15(9-5-13)26-14-6-2-12(20)3-7-14/h2-10H,1H3,(H,23,25)(H4,21,22,24). The van der Waals surface area contributed by atoms with Crippen molar-refractivity contribution in [2.75, 3.05) is 16.8 Å². The minimum atomic E-state index is -0.384. The average molecular weight is 352 g/mol. The molecule has 5 N–H and O–H groups in total. The van der Waals surface area contributed by atoms with Crippen molar-refractivity contribution in [2.24, 2.45) is 0 Å². The Balaban J connectivity index is 1.70. The molecule has 1 amide bonds. The molecule has 0 spiro atoms. The second kappa shape index (κ2) is 7.10. The van der Waals surface area contributed by atoms with E-state index in [2.05, 4.69) is 10.3 Å². The molecule has 0 aliphatic rings. The number of ether oxygens (including phenoxy) is 1. The zero-order valence-electron chi connectivity index (χ0n) is 14.0. The van der Waals surface area contributed by atoms with Crippen molar-refractivity contribution in [1.29, 1.82) is 0 Å². The molecule has 3 rings (SSSR count). The third-order valence-corrected chi connectivity index (χ3v) is 3.69. The number of hydrogen-bond acceptors (Lipinski definition) is 5. The summed E-state index contributed by atoms with van der Waals surface area (Å²) in [4.78, 5) is 16.3. The van der Waals surface area contributed by atoms with E-state index in [9.17, 15) is 9.18 Å². The summed E-state index contributed by atoms with van der Waals surface area (Å²) in [6.07, 6.45) is 0. The Morgan fingerprint density at radius 3 is 2.19 bits per heavy atom. The van der Waals surface area contributed by atoms with Crippen LogP contribution >= 0.6 is 0 Å². The van der Waals surface area contributed by atoms with Crippen molar-refractivity contribution in [3.63, 3.8) is 0 Å². The van der Waals surface area contributed by atoms with Crippen LogP contribution in [0, 0.1) is 12.7 Å². The number of pyridine rings is 1. The molecule has 0 saturated heterocycles. The molecule has 0 saturated carbocycles. The lowest BCUT2D eigenvalue weighted by molar-refractivity contribution is 0.102. The maximum absolute atomic E-state index is 12.9. The van der Waals surface area contributed by atoms with Gasteiger partial charge in [-0.15, -0.1) is 0 Å². The summed E-state index contributed by atoms with van der Waals surface area (Å²) < 4.78 is 18.5. The van der Waals surface area contributed by atoms with Gasteiger partial charge in [0, 0.05) is 5.69 Å². The number of carbonyl (C=O) groups is 1. The molecule has 0 bridgehead atoms. The fourth-order valence-electron chi connectivity index (χ4n) is 2.27. The average Bonchev–Trinajstić information content (AvgIpc) is 2.61. The molecule has 0 radical (unpaired) electrons. The van der Waals surface area contributed by atoms with Gasteiger partial charge in [-0.2, -0.15) is 0 Å². The van der Waals surface area contributed by atoms with Crippen LogP contribution in [0.3, 0.4) is 0 Å². The van der Waals surface area contributed by atoms with Crippen LogP contribution in [0.15, 0.2) is 54.6 Å². The van der Waals surface area contributed by atoms with Gasteiger partial charge in [0.25, 0.3) is 5.91 Å². The summed E-state index contributed by atoms with van der Waals surface area (Å²) in [6.45, 7) is 1.75. The molecule has 1 heterocycles. The quantitative estimate of drug-likeness (QED) is 0.664. The Kier molecular flexibility index (Phi) is 4.70. The van der Waals surface area contributed by atoms with Gasteiger partial charge in [0.05, 0.1) is 5.56 Å². The predicted octanol–water partition coefficient (Wildman–Crippen LogP) is 3.74. The number of aromatic nitrogens is 1. The lowest BCUT2D eigenvalue weighted by atomic mass is 10.1. The van der Waals surface area contributed by atoms with Crippen molar-refractivity contribution < 1.29 is 13.9 Å². The molecule has 6 nitrogen and oxygen atoms in total. The summed E-state index contributed by atoms with van der Waals surface area (Å²) in [5.41, 5.74) is 12.9. The highest BCUT2D eigenvalue weighted by atomic mass is 19.1. The Morgan fingerprint density at radius 1 is 1.00 bits per heavy atom. The Bertz CT molecular complexity index is 941. The normalized spacial score (nSPS) is 10.4. The topological polar surface area (TPSA) is 103 Å². The molecule has 26 heavy (non-hydrogen) atoms. The van der Waals surface area contributed by atoms with E-state index in [4.69, 9.17) is 16.2 Å². The number of amides is 1. The van der Waals surface area contributed by atoms with E-state index < -0.39 is 0 Å². The van der Waals surface area contributed by atoms with Crippen LogP contribution in [0.2, 0.25) is 0 Å². The highest BCUT2D eigenvalue weighted by molar-refractivity contribution is 6.07. The third kappa shape index (κ3) is 3.89. The Labute approximate surface area is 149 Å². The van der Waals surface area contributed by atoms with Crippen LogP contribution in [0.1, 0.15) is 15.9 Å². The Morgan fingerprint density at radius 2 is 1.58 bits per heavy atom. The third-order valence-electron chi connectivity index (χ3n) is 3.69. The van der Waals surface area contributed by atoms with Gasteiger partial charge in [-0.1, -0.05) is 0 Å². The molecular formula is C19H17FN4O2. The SMILES string of the molecule is Cc1cc(C(=O)Nc2ccc(Oc3ccc(F)cc3)cc2)c(N)nc1N. The smallest absolute Gasteiger partial charge is 0.259 e. The number of halogens is 1. The van der Waals surface area contributed by atoms with Crippen LogP contribution in [-0.2, 0) is 0 Å². The monoisotopic (exact) mass is 352 g/mol. The highest BCUT2D eigenvalue weighted by Crippen LogP contribution is 2.24. The first-order valence-electron chi connectivity index (χ1n) is 7.80. The summed E-state index contributed by atoms with van der Waals surface area (Å²) in [5, 5.41) is 2.74. The lowest BCUT2D eigenvalue weighted by Gasteiger charge is -2.10.